The maximum absolute atomic E-state index is 3.67. The van der Waals surface area contributed by atoms with Crippen LogP contribution in [-0.2, 0) is 18.3 Å². The minimum absolute atomic E-state index is 0.164. The molecule has 0 bridgehead atoms. The van der Waals surface area contributed by atoms with E-state index in [1.54, 1.807) is 0 Å². The maximum Gasteiger partial charge on any atom is 0.0751 e. The molecule has 1 aliphatic heterocycles. The second-order valence-electron chi connectivity index (χ2n) is 9.83. The Morgan fingerprint density at radius 2 is 1.34 bits per heavy atom. The molecule has 4 rings (SSSR count). The van der Waals surface area contributed by atoms with Gasteiger partial charge >= 0.3 is 0 Å². The first-order valence-electron chi connectivity index (χ1n) is 11.9. The van der Waals surface area contributed by atoms with E-state index in [4.69, 9.17) is 0 Å². The molecule has 0 spiro atoms. The van der Waals surface area contributed by atoms with Crippen molar-refractivity contribution in [3.63, 3.8) is 0 Å². The van der Waals surface area contributed by atoms with E-state index in [-0.39, 0.29) is 11.5 Å². The summed E-state index contributed by atoms with van der Waals surface area (Å²) in [5, 5.41) is 3.67. The van der Waals surface area contributed by atoms with Crippen LogP contribution in [0.4, 0.5) is 11.4 Å². The number of aryl methyl sites for hydroxylation is 2. The first kappa shape index (κ1) is 22.2. The van der Waals surface area contributed by atoms with E-state index in [2.05, 4.69) is 124 Å². The van der Waals surface area contributed by atoms with Crippen LogP contribution in [0.3, 0.4) is 0 Å². The minimum atomic E-state index is 0.164. The number of rotatable bonds is 6. The van der Waals surface area contributed by atoms with Crippen LogP contribution in [0.5, 0.6) is 0 Å². The Morgan fingerprint density at radius 1 is 0.781 bits per heavy atom. The van der Waals surface area contributed by atoms with Crippen molar-refractivity contribution < 1.29 is 0 Å². The second kappa shape index (κ2) is 9.24. The Labute approximate surface area is 194 Å². The monoisotopic (exact) mass is 424 g/mol. The first-order valence-corrected chi connectivity index (χ1v) is 11.9. The van der Waals surface area contributed by atoms with E-state index in [1.807, 2.05) is 0 Å². The molecule has 0 fully saturated rings. The first-order chi connectivity index (χ1) is 15.4. The van der Waals surface area contributed by atoms with Gasteiger partial charge in [-0.05, 0) is 70.9 Å². The van der Waals surface area contributed by atoms with Gasteiger partial charge in [-0.3, -0.25) is 0 Å². The van der Waals surface area contributed by atoms with Gasteiger partial charge in [0.05, 0.1) is 12.6 Å². The zero-order valence-corrected chi connectivity index (χ0v) is 20.2. The molecule has 1 aliphatic rings. The molecule has 32 heavy (non-hydrogen) atoms. The van der Waals surface area contributed by atoms with Crippen molar-refractivity contribution in [2.75, 3.05) is 16.8 Å². The molecular formula is C30H36N2. The number of anilines is 2. The van der Waals surface area contributed by atoms with E-state index < -0.39 is 0 Å². The van der Waals surface area contributed by atoms with Crippen LogP contribution >= 0.6 is 0 Å². The summed E-state index contributed by atoms with van der Waals surface area (Å²) in [6.07, 6.45) is 4.52. The van der Waals surface area contributed by atoms with Gasteiger partial charge in [0.15, 0.2) is 0 Å². The topological polar surface area (TPSA) is 15.3 Å². The zero-order chi connectivity index (χ0) is 22.7. The fraction of sp³-hybridized carbons (Fsp3) is 0.333. The Bertz CT molecular complexity index is 1050. The van der Waals surface area contributed by atoms with Crippen molar-refractivity contribution in [2.24, 2.45) is 0 Å². The largest absolute Gasteiger partial charge is 0.358 e. The van der Waals surface area contributed by atoms with Crippen molar-refractivity contribution in [2.45, 2.75) is 58.9 Å². The summed E-state index contributed by atoms with van der Waals surface area (Å²) in [6.45, 7) is 12.1. The van der Waals surface area contributed by atoms with Crippen LogP contribution < -0.4 is 10.2 Å². The quantitative estimate of drug-likeness (QED) is 0.437. The van der Waals surface area contributed by atoms with Gasteiger partial charge < -0.3 is 10.2 Å². The highest BCUT2D eigenvalue weighted by Crippen LogP contribution is 2.36. The summed E-state index contributed by atoms with van der Waals surface area (Å²) < 4.78 is 0. The average Bonchev–Trinajstić information content (AvgIpc) is 3.23. The molecule has 166 valence electrons. The predicted octanol–water partition coefficient (Wildman–Crippen LogP) is 7.67. The molecule has 0 aliphatic carbocycles. The van der Waals surface area contributed by atoms with Crippen LogP contribution in [-0.4, -0.2) is 6.54 Å². The lowest BCUT2D eigenvalue weighted by Crippen LogP contribution is -2.25. The molecular weight excluding hydrogens is 388 g/mol. The molecule has 1 atom stereocenters. The maximum atomic E-state index is 3.67. The summed E-state index contributed by atoms with van der Waals surface area (Å²) in [5.74, 6) is 0. The summed E-state index contributed by atoms with van der Waals surface area (Å²) in [6, 6.07) is 27.2. The van der Waals surface area contributed by atoms with Crippen LogP contribution in [0.25, 0.3) is 0 Å². The van der Waals surface area contributed by atoms with Gasteiger partial charge in [0.25, 0.3) is 0 Å². The van der Waals surface area contributed by atoms with Crippen LogP contribution in [0.1, 0.15) is 62.9 Å². The van der Waals surface area contributed by atoms with Gasteiger partial charge in [0.2, 0.25) is 0 Å². The standard InChI is InChI=1S/C30H36N2/c1-6-22-8-16-26(17-9-22)31-27-20-29(24-12-14-25(15-13-24)30(3,4)5)32(21-27)28-18-10-23(7-2)11-19-28/h8-20,29,31H,6-7,21H2,1-5H3. The lowest BCUT2D eigenvalue weighted by Gasteiger charge is -2.28. The third-order valence-corrected chi connectivity index (χ3v) is 6.50. The van der Waals surface area contributed by atoms with Gasteiger partial charge in [-0.25, -0.2) is 0 Å². The molecule has 1 N–H and O–H groups in total. The van der Waals surface area contributed by atoms with Crippen LogP contribution in [0.2, 0.25) is 0 Å². The van der Waals surface area contributed by atoms with Crippen molar-refractivity contribution in [3.05, 3.63) is 107 Å². The number of nitrogens with one attached hydrogen (secondary N) is 1. The summed E-state index contributed by atoms with van der Waals surface area (Å²) >= 11 is 0. The van der Waals surface area contributed by atoms with Crippen molar-refractivity contribution >= 4 is 11.4 Å². The van der Waals surface area contributed by atoms with E-state index in [9.17, 15) is 0 Å². The normalized spacial score (nSPS) is 16.2. The molecule has 0 saturated carbocycles. The van der Waals surface area contributed by atoms with Crippen molar-refractivity contribution in [3.8, 4) is 0 Å². The minimum Gasteiger partial charge on any atom is -0.358 e. The molecule has 0 radical (unpaired) electrons. The SMILES string of the molecule is CCc1ccc(NC2=CC(c3ccc(C(C)(C)C)cc3)N(c3ccc(CC)cc3)C2)cc1. The molecule has 2 heteroatoms. The number of nitrogens with zero attached hydrogens (tertiary/aromatic N) is 1. The third kappa shape index (κ3) is 4.91. The molecule has 1 heterocycles. The van der Waals surface area contributed by atoms with E-state index >= 15 is 0 Å². The molecule has 3 aromatic carbocycles. The number of benzene rings is 3. The summed E-state index contributed by atoms with van der Waals surface area (Å²) in [7, 11) is 0. The fourth-order valence-corrected chi connectivity index (χ4v) is 4.34. The van der Waals surface area contributed by atoms with Crippen LogP contribution in [0.15, 0.2) is 84.6 Å². The Balaban J connectivity index is 1.63. The highest BCUT2D eigenvalue weighted by molar-refractivity contribution is 5.59. The van der Waals surface area contributed by atoms with E-state index in [0.717, 1.165) is 25.1 Å². The molecule has 0 saturated heterocycles. The number of hydrogen-bond donors (Lipinski definition) is 1. The molecule has 2 nitrogen and oxygen atoms in total. The van der Waals surface area contributed by atoms with Gasteiger partial charge in [-0.15, -0.1) is 0 Å². The second-order valence-corrected chi connectivity index (χ2v) is 9.83. The predicted molar refractivity (Wildman–Crippen MR) is 139 cm³/mol. The highest BCUT2D eigenvalue weighted by atomic mass is 15.2. The summed E-state index contributed by atoms with van der Waals surface area (Å²) in [4.78, 5) is 2.49. The Hall–Kier alpha value is -3.00. The van der Waals surface area contributed by atoms with Gasteiger partial charge in [-0.1, -0.05) is 83.1 Å². The smallest absolute Gasteiger partial charge is 0.0751 e. The Kier molecular flexibility index (Phi) is 6.41. The molecule has 1 unspecified atom stereocenters. The molecule has 0 amide bonds. The van der Waals surface area contributed by atoms with E-state index in [0.29, 0.717) is 0 Å². The van der Waals surface area contributed by atoms with Crippen molar-refractivity contribution in [1.29, 1.82) is 0 Å². The van der Waals surface area contributed by atoms with Gasteiger partial charge in [0, 0.05) is 17.1 Å². The highest BCUT2D eigenvalue weighted by Gasteiger charge is 2.27. The average molecular weight is 425 g/mol. The summed E-state index contributed by atoms with van der Waals surface area (Å²) in [5.41, 5.74) is 9.27. The van der Waals surface area contributed by atoms with Gasteiger partial charge in [-0.2, -0.15) is 0 Å². The lowest BCUT2D eigenvalue weighted by molar-refractivity contribution is 0.589. The Morgan fingerprint density at radius 3 is 1.88 bits per heavy atom. The van der Waals surface area contributed by atoms with Gasteiger partial charge in [0.1, 0.15) is 0 Å². The zero-order valence-electron chi connectivity index (χ0n) is 20.2. The molecule has 3 aromatic rings. The lowest BCUT2D eigenvalue weighted by atomic mass is 9.86. The van der Waals surface area contributed by atoms with E-state index in [1.165, 1.54) is 33.6 Å². The number of hydrogen-bond acceptors (Lipinski definition) is 2. The molecule has 0 aromatic heterocycles. The van der Waals surface area contributed by atoms with Crippen LogP contribution in [0, 0.1) is 0 Å². The van der Waals surface area contributed by atoms with Crippen molar-refractivity contribution in [1.82, 2.24) is 0 Å². The third-order valence-electron chi connectivity index (χ3n) is 6.50. The fourth-order valence-electron chi connectivity index (χ4n) is 4.34.